The maximum Gasteiger partial charge on any atom is 0.0726 e. The van der Waals surface area contributed by atoms with Crippen molar-refractivity contribution in [3.8, 4) is 0 Å². The van der Waals surface area contributed by atoms with E-state index in [0.29, 0.717) is 0 Å². The fourth-order valence-electron chi connectivity index (χ4n) is 3.66. The van der Waals surface area contributed by atoms with E-state index in [9.17, 15) is 0 Å². The Morgan fingerprint density at radius 3 is 2.69 bits per heavy atom. The third kappa shape index (κ3) is 3.39. The van der Waals surface area contributed by atoms with Gasteiger partial charge in [-0.25, -0.2) is 0 Å². The molecule has 0 radical (unpaired) electrons. The molecule has 0 aliphatic heterocycles. The van der Waals surface area contributed by atoms with Gasteiger partial charge < -0.3 is 14.9 Å². The van der Waals surface area contributed by atoms with E-state index < -0.39 is 0 Å². The lowest BCUT2D eigenvalue weighted by atomic mass is 10.1. The van der Waals surface area contributed by atoms with Gasteiger partial charge >= 0.3 is 0 Å². The van der Waals surface area contributed by atoms with Crippen molar-refractivity contribution in [2.24, 2.45) is 0 Å². The van der Waals surface area contributed by atoms with Crippen molar-refractivity contribution in [3.05, 3.63) is 72.1 Å². The number of aromatic nitrogens is 2. The van der Waals surface area contributed by atoms with E-state index in [1.54, 1.807) is 0 Å². The molecule has 0 saturated carbocycles. The summed E-state index contributed by atoms with van der Waals surface area (Å²) < 4.78 is 2.30. The zero-order valence-electron chi connectivity index (χ0n) is 15.3. The molecule has 0 bridgehead atoms. The number of benzene rings is 2. The average Bonchev–Trinajstić information content (AvgIpc) is 3.28. The van der Waals surface area contributed by atoms with Crippen molar-refractivity contribution >= 4 is 21.8 Å². The predicted molar refractivity (Wildman–Crippen MR) is 110 cm³/mol. The zero-order chi connectivity index (χ0) is 17.8. The van der Waals surface area contributed by atoms with Crippen LogP contribution in [0.5, 0.6) is 0 Å². The van der Waals surface area contributed by atoms with Crippen LogP contribution in [-0.4, -0.2) is 29.7 Å². The summed E-state index contributed by atoms with van der Waals surface area (Å²) in [6, 6.07) is 17.3. The Kier molecular flexibility index (Phi) is 5.04. The van der Waals surface area contributed by atoms with Gasteiger partial charge in [0.15, 0.2) is 0 Å². The standard InChI is InChI=1S/C22H26N4/c1-23-12-9-17-5-4-8-22-20(17)11-14-26(22)16-24-13-10-18-15-25-21-7-3-2-6-19(18)21/h2-8,11,14-15,23-25H,9-10,12-13,16H2,1H3. The second-order valence-electron chi connectivity index (χ2n) is 6.76. The normalized spacial score (nSPS) is 11.6. The van der Waals surface area contributed by atoms with Crippen LogP contribution in [0.25, 0.3) is 21.8 Å². The molecule has 4 aromatic rings. The highest BCUT2D eigenvalue weighted by Crippen LogP contribution is 2.21. The Hall–Kier alpha value is -2.56. The number of hydrogen-bond donors (Lipinski definition) is 3. The van der Waals surface area contributed by atoms with E-state index in [2.05, 4.69) is 81.1 Å². The van der Waals surface area contributed by atoms with Gasteiger partial charge in [-0.1, -0.05) is 30.3 Å². The van der Waals surface area contributed by atoms with E-state index in [1.807, 2.05) is 7.05 Å². The summed E-state index contributed by atoms with van der Waals surface area (Å²) in [4.78, 5) is 3.35. The van der Waals surface area contributed by atoms with Crippen molar-refractivity contribution < 1.29 is 0 Å². The Morgan fingerprint density at radius 2 is 1.77 bits per heavy atom. The maximum atomic E-state index is 3.58. The second kappa shape index (κ2) is 7.77. The Labute approximate surface area is 154 Å². The quantitative estimate of drug-likeness (QED) is 0.426. The molecule has 0 spiro atoms. The average molecular weight is 346 g/mol. The lowest BCUT2D eigenvalue weighted by molar-refractivity contribution is 0.574. The molecule has 2 heterocycles. The van der Waals surface area contributed by atoms with Gasteiger partial charge in [0.2, 0.25) is 0 Å². The number of H-pyrrole nitrogens is 1. The number of nitrogens with one attached hydrogen (secondary N) is 3. The lowest BCUT2D eigenvalue weighted by Crippen LogP contribution is -2.20. The molecule has 3 N–H and O–H groups in total. The first-order valence-corrected chi connectivity index (χ1v) is 9.34. The molecule has 0 aliphatic rings. The number of rotatable bonds is 8. The molecular formula is C22H26N4. The molecule has 134 valence electrons. The van der Waals surface area contributed by atoms with E-state index in [-0.39, 0.29) is 0 Å². The summed E-state index contributed by atoms with van der Waals surface area (Å²) in [7, 11) is 2.00. The molecule has 2 aromatic heterocycles. The monoisotopic (exact) mass is 346 g/mol. The van der Waals surface area contributed by atoms with Gasteiger partial charge in [0.05, 0.1) is 6.67 Å². The fraction of sp³-hybridized carbons (Fsp3) is 0.273. The summed E-state index contributed by atoms with van der Waals surface area (Å²) in [5, 5.41) is 9.51. The van der Waals surface area contributed by atoms with Gasteiger partial charge in [0.1, 0.15) is 0 Å². The molecular weight excluding hydrogens is 320 g/mol. The van der Waals surface area contributed by atoms with Gasteiger partial charge in [-0.3, -0.25) is 5.32 Å². The minimum Gasteiger partial charge on any atom is -0.361 e. The Bertz CT molecular complexity index is 996. The smallest absolute Gasteiger partial charge is 0.0726 e. The molecule has 0 amide bonds. The summed E-state index contributed by atoms with van der Waals surface area (Å²) in [6.07, 6.45) is 6.40. The van der Waals surface area contributed by atoms with Crippen LogP contribution in [0.2, 0.25) is 0 Å². The van der Waals surface area contributed by atoms with Crippen molar-refractivity contribution in [1.82, 2.24) is 20.2 Å². The van der Waals surface area contributed by atoms with Crippen LogP contribution < -0.4 is 10.6 Å². The van der Waals surface area contributed by atoms with Crippen molar-refractivity contribution in [2.75, 3.05) is 20.1 Å². The van der Waals surface area contributed by atoms with Crippen LogP contribution in [0.4, 0.5) is 0 Å². The lowest BCUT2D eigenvalue weighted by Gasteiger charge is -2.09. The SMILES string of the molecule is CNCCc1cccc2c1ccn2CNCCc1c[nH]c2ccccc12. The van der Waals surface area contributed by atoms with Crippen molar-refractivity contribution in [3.63, 3.8) is 0 Å². The third-order valence-electron chi connectivity index (χ3n) is 5.08. The number of likely N-dealkylation sites (N-methyl/N-ethyl adjacent to an activating group) is 1. The number of nitrogens with zero attached hydrogens (tertiary/aromatic N) is 1. The molecule has 4 nitrogen and oxygen atoms in total. The molecule has 2 aromatic carbocycles. The summed E-state index contributed by atoms with van der Waals surface area (Å²) >= 11 is 0. The van der Waals surface area contributed by atoms with E-state index in [4.69, 9.17) is 0 Å². The van der Waals surface area contributed by atoms with Crippen LogP contribution in [-0.2, 0) is 19.5 Å². The van der Waals surface area contributed by atoms with E-state index in [1.165, 1.54) is 32.9 Å². The van der Waals surface area contributed by atoms with Crippen LogP contribution in [0.1, 0.15) is 11.1 Å². The number of fused-ring (bicyclic) bond motifs is 2. The number of aromatic amines is 1. The Balaban J connectivity index is 1.39. The maximum absolute atomic E-state index is 3.58. The summed E-state index contributed by atoms with van der Waals surface area (Å²) in [6.45, 7) is 2.80. The van der Waals surface area contributed by atoms with Crippen LogP contribution in [0.15, 0.2) is 60.9 Å². The van der Waals surface area contributed by atoms with Crippen LogP contribution in [0.3, 0.4) is 0 Å². The first-order valence-electron chi connectivity index (χ1n) is 9.34. The van der Waals surface area contributed by atoms with Gasteiger partial charge in [-0.05, 0) is 55.8 Å². The van der Waals surface area contributed by atoms with Crippen LogP contribution in [0, 0.1) is 0 Å². The minimum atomic E-state index is 0.835. The second-order valence-corrected chi connectivity index (χ2v) is 6.76. The minimum absolute atomic E-state index is 0.835. The summed E-state index contributed by atoms with van der Waals surface area (Å²) in [5.74, 6) is 0. The van der Waals surface area contributed by atoms with Crippen molar-refractivity contribution in [1.29, 1.82) is 0 Å². The molecule has 0 atom stereocenters. The Morgan fingerprint density at radius 1 is 0.885 bits per heavy atom. The zero-order valence-corrected chi connectivity index (χ0v) is 15.3. The predicted octanol–water partition coefficient (Wildman–Crippen LogP) is 3.67. The van der Waals surface area contributed by atoms with E-state index in [0.717, 1.165) is 32.6 Å². The highest BCUT2D eigenvalue weighted by Gasteiger charge is 2.06. The number of para-hydroxylation sites is 1. The van der Waals surface area contributed by atoms with Gasteiger partial charge in [0.25, 0.3) is 0 Å². The largest absolute Gasteiger partial charge is 0.361 e. The third-order valence-corrected chi connectivity index (χ3v) is 5.08. The highest BCUT2D eigenvalue weighted by molar-refractivity contribution is 5.84. The molecule has 0 unspecified atom stereocenters. The molecule has 4 heteroatoms. The van der Waals surface area contributed by atoms with Gasteiger partial charge in [-0.2, -0.15) is 0 Å². The van der Waals surface area contributed by atoms with E-state index >= 15 is 0 Å². The molecule has 0 saturated heterocycles. The summed E-state index contributed by atoms with van der Waals surface area (Å²) in [5.41, 5.74) is 5.31. The molecule has 0 aliphatic carbocycles. The number of hydrogen-bond acceptors (Lipinski definition) is 2. The first-order chi connectivity index (χ1) is 12.9. The molecule has 26 heavy (non-hydrogen) atoms. The molecule has 4 rings (SSSR count). The van der Waals surface area contributed by atoms with Crippen molar-refractivity contribution in [2.45, 2.75) is 19.5 Å². The van der Waals surface area contributed by atoms with Gasteiger partial charge in [-0.15, -0.1) is 0 Å². The van der Waals surface area contributed by atoms with Gasteiger partial charge in [0, 0.05) is 40.7 Å². The fourth-order valence-corrected chi connectivity index (χ4v) is 3.66. The topological polar surface area (TPSA) is 44.8 Å². The molecule has 0 fully saturated rings. The first kappa shape index (κ1) is 16.9. The highest BCUT2D eigenvalue weighted by atomic mass is 15.1. The van der Waals surface area contributed by atoms with Crippen LogP contribution >= 0.6 is 0 Å².